The number of rotatable bonds is 6. The summed E-state index contributed by atoms with van der Waals surface area (Å²) in [5, 5.41) is 14.2. The van der Waals surface area contributed by atoms with E-state index in [0.29, 0.717) is 17.5 Å². The lowest BCUT2D eigenvalue weighted by Crippen LogP contribution is -2.35. The molecule has 0 spiro atoms. The zero-order valence-electron chi connectivity index (χ0n) is 11.7. The van der Waals surface area contributed by atoms with Crippen LogP contribution in [0.3, 0.4) is 0 Å². The zero-order chi connectivity index (χ0) is 14.5. The summed E-state index contributed by atoms with van der Waals surface area (Å²) in [6.45, 7) is 5.26. The molecule has 1 amide bonds. The van der Waals surface area contributed by atoms with E-state index in [9.17, 15) is 4.79 Å². The van der Waals surface area contributed by atoms with Crippen LogP contribution in [-0.2, 0) is 6.42 Å². The van der Waals surface area contributed by atoms with Crippen molar-refractivity contribution in [2.75, 3.05) is 13.1 Å². The van der Waals surface area contributed by atoms with E-state index in [4.69, 9.17) is 14.6 Å². The number of likely N-dealkylation sites (N-methyl/N-ethyl adjacent to an activating group) is 1. The molecule has 6 nitrogen and oxygen atoms in total. The van der Waals surface area contributed by atoms with Gasteiger partial charge >= 0.3 is 6.09 Å². The number of fused-ring (bicyclic) bond motifs is 1. The van der Waals surface area contributed by atoms with Gasteiger partial charge in [-0.2, -0.15) is 0 Å². The van der Waals surface area contributed by atoms with Crippen molar-refractivity contribution in [1.82, 2.24) is 10.6 Å². The van der Waals surface area contributed by atoms with Crippen molar-refractivity contribution >= 4 is 6.09 Å². The summed E-state index contributed by atoms with van der Waals surface area (Å²) in [7, 11) is 0. The number of carbonyl (C=O) groups is 1. The maximum atomic E-state index is 10.4. The van der Waals surface area contributed by atoms with E-state index < -0.39 is 12.4 Å². The number of carboxylic acid groups (broad SMARTS) is 1. The highest BCUT2D eigenvalue weighted by molar-refractivity contribution is 5.64. The van der Waals surface area contributed by atoms with Crippen LogP contribution in [0.25, 0.3) is 0 Å². The SMILES string of the molecule is CCNC(C)Cc1ccc2c(c1)OC(CNC(=O)O)O2. The molecule has 0 radical (unpaired) electrons. The van der Waals surface area contributed by atoms with Crippen LogP contribution in [0.5, 0.6) is 11.5 Å². The summed E-state index contributed by atoms with van der Waals surface area (Å²) in [5.41, 5.74) is 1.16. The van der Waals surface area contributed by atoms with E-state index >= 15 is 0 Å². The monoisotopic (exact) mass is 280 g/mol. The number of ether oxygens (including phenoxy) is 2. The first-order chi connectivity index (χ1) is 9.58. The lowest BCUT2D eigenvalue weighted by Gasteiger charge is -2.12. The predicted molar refractivity (Wildman–Crippen MR) is 74.4 cm³/mol. The van der Waals surface area contributed by atoms with Crippen LogP contribution in [0.15, 0.2) is 18.2 Å². The van der Waals surface area contributed by atoms with Gasteiger partial charge in [-0.15, -0.1) is 0 Å². The Hall–Kier alpha value is -1.95. The second-order valence-corrected chi connectivity index (χ2v) is 4.80. The molecule has 0 saturated carbocycles. The molecule has 2 atom stereocenters. The molecule has 2 unspecified atom stereocenters. The van der Waals surface area contributed by atoms with E-state index in [1.54, 1.807) is 0 Å². The number of hydrogen-bond acceptors (Lipinski definition) is 4. The summed E-state index contributed by atoms with van der Waals surface area (Å²) < 4.78 is 11.1. The zero-order valence-corrected chi connectivity index (χ0v) is 11.7. The van der Waals surface area contributed by atoms with Gasteiger partial charge in [0.2, 0.25) is 0 Å². The molecule has 1 heterocycles. The van der Waals surface area contributed by atoms with Gasteiger partial charge in [-0.3, -0.25) is 0 Å². The minimum Gasteiger partial charge on any atom is -0.465 e. The molecule has 20 heavy (non-hydrogen) atoms. The topological polar surface area (TPSA) is 79.8 Å². The fraction of sp³-hybridized carbons (Fsp3) is 0.500. The molecule has 0 saturated heterocycles. The number of nitrogens with one attached hydrogen (secondary N) is 2. The van der Waals surface area contributed by atoms with Gasteiger partial charge in [0.05, 0.1) is 6.54 Å². The third kappa shape index (κ3) is 3.77. The van der Waals surface area contributed by atoms with E-state index in [1.165, 1.54) is 0 Å². The number of benzene rings is 1. The van der Waals surface area contributed by atoms with Crippen molar-refractivity contribution in [3.05, 3.63) is 23.8 Å². The Balaban J connectivity index is 1.94. The van der Waals surface area contributed by atoms with Crippen molar-refractivity contribution in [3.63, 3.8) is 0 Å². The normalized spacial score (nSPS) is 17.8. The summed E-state index contributed by atoms with van der Waals surface area (Å²) in [6, 6.07) is 6.21. The van der Waals surface area contributed by atoms with Crippen LogP contribution >= 0.6 is 0 Å². The maximum Gasteiger partial charge on any atom is 0.404 e. The van der Waals surface area contributed by atoms with Crippen molar-refractivity contribution < 1.29 is 19.4 Å². The lowest BCUT2D eigenvalue weighted by atomic mass is 10.1. The molecule has 2 rings (SSSR count). The van der Waals surface area contributed by atoms with Gasteiger partial charge in [-0.1, -0.05) is 13.0 Å². The second-order valence-electron chi connectivity index (χ2n) is 4.80. The third-order valence-corrected chi connectivity index (χ3v) is 3.04. The average molecular weight is 280 g/mol. The Morgan fingerprint density at radius 1 is 1.40 bits per heavy atom. The van der Waals surface area contributed by atoms with Crippen molar-refractivity contribution in [2.24, 2.45) is 0 Å². The van der Waals surface area contributed by atoms with Gasteiger partial charge in [0.25, 0.3) is 6.29 Å². The van der Waals surface area contributed by atoms with E-state index in [-0.39, 0.29) is 6.54 Å². The molecule has 6 heteroatoms. The largest absolute Gasteiger partial charge is 0.465 e. The Morgan fingerprint density at radius 3 is 2.85 bits per heavy atom. The number of amides is 1. The van der Waals surface area contributed by atoms with E-state index in [0.717, 1.165) is 18.5 Å². The van der Waals surface area contributed by atoms with Crippen LogP contribution in [0, 0.1) is 0 Å². The molecule has 110 valence electrons. The van der Waals surface area contributed by atoms with Crippen molar-refractivity contribution in [3.8, 4) is 11.5 Å². The smallest absolute Gasteiger partial charge is 0.404 e. The molecule has 1 aliphatic rings. The Bertz CT molecular complexity index is 478. The fourth-order valence-electron chi connectivity index (χ4n) is 2.20. The molecule has 1 aliphatic heterocycles. The van der Waals surface area contributed by atoms with Gasteiger partial charge in [0, 0.05) is 6.04 Å². The first-order valence-corrected chi connectivity index (χ1v) is 6.75. The van der Waals surface area contributed by atoms with Gasteiger partial charge in [0.15, 0.2) is 11.5 Å². The Morgan fingerprint density at radius 2 is 2.15 bits per heavy atom. The lowest BCUT2D eigenvalue weighted by molar-refractivity contribution is 0.0498. The van der Waals surface area contributed by atoms with Crippen molar-refractivity contribution in [2.45, 2.75) is 32.6 Å². The molecular weight excluding hydrogens is 260 g/mol. The summed E-state index contributed by atoms with van der Waals surface area (Å²) in [6.07, 6.45) is -0.779. The van der Waals surface area contributed by atoms with Crippen LogP contribution in [-0.4, -0.2) is 36.6 Å². The van der Waals surface area contributed by atoms with Gasteiger partial charge in [-0.05, 0) is 37.6 Å². The van der Waals surface area contributed by atoms with E-state index in [2.05, 4.69) is 24.5 Å². The predicted octanol–water partition coefficient (Wildman–Crippen LogP) is 1.59. The second kappa shape index (κ2) is 6.47. The summed E-state index contributed by atoms with van der Waals surface area (Å²) in [4.78, 5) is 10.4. The molecule has 1 aromatic rings. The molecular formula is C14H20N2O4. The summed E-state index contributed by atoms with van der Waals surface area (Å²) in [5.74, 6) is 1.32. The highest BCUT2D eigenvalue weighted by Crippen LogP contribution is 2.35. The third-order valence-electron chi connectivity index (χ3n) is 3.04. The average Bonchev–Trinajstić information content (AvgIpc) is 2.78. The quantitative estimate of drug-likeness (QED) is 0.737. The minimum absolute atomic E-state index is 0.104. The van der Waals surface area contributed by atoms with Crippen LogP contribution < -0.4 is 20.1 Å². The molecule has 0 aliphatic carbocycles. The standard InChI is InChI=1S/C14H20N2O4/c1-3-15-9(2)6-10-4-5-11-12(7-10)20-13(19-11)8-16-14(17)18/h4-5,7,9,13,15-16H,3,6,8H2,1-2H3,(H,17,18). The van der Waals surface area contributed by atoms with Gasteiger partial charge < -0.3 is 25.2 Å². The molecule has 1 aromatic carbocycles. The van der Waals surface area contributed by atoms with Crippen LogP contribution in [0.2, 0.25) is 0 Å². The molecule has 0 fully saturated rings. The van der Waals surface area contributed by atoms with E-state index in [1.807, 2.05) is 18.2 Å². The van der Waals surface area contributed by atoms with Gasteiger partial charge in [-0.25, -0.2) is 4.79 Å². The fourth-order valence-corrected chi connectivity index (χ4v) is 2.20. The molecule has 0 bridgehead atoms. The highest BCUT2D eigenvalue weighted by atomic mass is 16.7. The Kier molecular flexibility index (Phi) is 4.68. The number of hydrogen-bond donors (Lipinski definition) is 3. The van der Waals surface area contributed by atoms with Gasteiger partial charge in [0.1, 0.15) is 0 Å². The van der Waals surface area contributed by atoms with Crippen LogP contribution in [0.4, 0.5) is 4.79 Å². The van der Waals surface area contributed by atoms with Crippen LogP contribution in [0.1, 0.15) is 19.4 Å². The molecule has 0 aromatic heterocycles. The maximum absolute atomic E-state index is 10.4. The first-order valence-electron chi connectivity index (χ1n) is 6.75. The van der Waals surface area contributed by atoms with Crippen molar-refractivity contribution in [1.29, 1.82) is 0 Å². The Labute approximate surface area is 118 Å². The highest BCUT2D eigenvalue weighted by Gasteiger charge is 2.24. The minimum atomic E-state index is -1.09. The molecule has 3 N–H and O–H groups in total. The first kappa shape index (κ1) is 14.5. The summed E-state index contributed by atoms with van der Waals surface area (Å²) >= 11 is 0.